The van der Waals surface area contributed by atoms with Crippen molar-refractivity contribution in [1.82, 2.24) is 9.55 Å². The summed E-state index contributed by atoms with van der Waals surface area (Å²) < 4.78 is 8.77. The van der Waals surface area contributed by atoms with E-state index in [9.17, 15) is 0 Å². The number of pyridine rings is 1. The second-order valence-electron chi connectivity index (χ2n) is 14.2. The fourth-order valence-electron chi connectivity index (χ4n) is 6.98. The molecule has 0 spiro atoms. The molecule has 1 aliphatic heterocycles. The number of ether oxygens (including phenoxy) is 1. The van der Waals surface area contributed by atoms with E-state index in [2.05, 4.69) is 154 Å². The second-order valence-corrected chi connectivity index (χ2v) is 15.3. The van der Waals surface area contributed by atoms with Crippen LogP contribution < -0.4 is 4.74 Å². The summed E-state index contributed by atoms with van der Waals surface area (Å²) in [5.41, 5.74) is 9.08. The van der Waals surface area contributed by atoms with Gasteiger partial charge in [-0.05, 0) is 52.6 Å². The van der Waals surface area contributed by atoms with E-state index >= 15 is 0 Å². The topological polar surface area (TPSA) is 39.4 Å². The Kier molecular flexibility index (Phi) is 9.80. The molecule has 51 heavy (non-hydrogen) atoms. The number of thioether (sulfide) groups is 1. The van der Waals surface area contributed by atoms with Crippen molar-refractivity contribution < 1.29 is 25.8 Å². The van der Waals surface area contributed by atoms with Crippen molar-refractivity contribution in [2.45, 2.75) is 52.0 Å². The molecule has 0 aliphatic carbocycles. The van der Waals surface area contributed by atoms with Crippen molar-refractivity contribution in [3.05, 3.63) is 167 Å². The van der Waals surface area contributed by atoms with Crippen molar-refractivity contribution in [1.29, 1.82) is 0 Å². The number of hydrogen-bond acceptors (Lipinski definition) is 4. The van der Waals surface area contributed by atoms with Gasteiger partial charge >= 0.3 is 21.1 Å². The van der Waals surface area contributed by atoms with Gasteiger partial charge in [-0.1, -0.05) is 124 Å². The maximum atomic E-state index is 6.56. The number of benzene rings is 5. The number of aryl methyl sites for hydroxylation is 2. The summed E-state index contributed by atoms with van der Waals surface area (Å²) in [4.78, 5) is 10.2. The molecule has 0 amide bonds. The van der Waals surface area contributed by atoms with Crippen LogP contribution in [0.4, 0.5) is 0 Å². The van der Waals surface area contributed by atoms with Crippen LogP contribution in [0.5, 0.6) is 11.5 Å². The molecule has 3 heterocycles. The molecule has 256 valence electrons. The zero-order valence-corrected chi connectivity index (χ0v) is 32.5. The van der Waals surface area contributed by atoms with Crippen LogP contribution in [0.25, 0.3) is 27.6 Å². The number of aliphatic imine (C=N–C) groups is 1. The fraction of sp³-hybridized carbons (Fsp3) is 0.200. The molecule has 2 aromatic heterocycles. The van der Waals surface area contributed by atoms with E-state index in [1.54, 1.807) is 11.8 Å². The van der Waals surface area contributed by atoms with Crippen LogP contribution in [0.15, 0.2) is 126 Å². The van der Waals surface area contributed by atoms with Crippen molar-refractivity contribution >= 4 is 38.6 Å². The summed E-state index contributed by atoms with van der Waals surface area (Å²) in [6.45, 7) is 10.9. The molecule has 0 radical (unpaired) electrons. The van der Waals surface area contributed by atoms with Gasteiger partial charge < -0.3 is 14.3 Å². The van der Waals surface area contributed by atoms with E-state index in [0.29, 0.717) is 11.5 Å². The SMILES string of the molecule is Cc1cc(Oc2[c-]c3c(cc2)c2cc(C)ccc2n3-c2cc(C(C)(C)C)ccn2)[c-]c(C2=N[C@H](C(c3ccccc3)c3ccccc3)CS2)c1.[Pt+2]. The molecule has 1 atom stereocenters. The molecule has 0 saturated carbocycles. The molecule has 0 N–H and O–H groups in total. The first kappa shape index (κ1) is 35.0. The first-order chi connectivity index (χ1) is 24.2. The molecule has 0 unspecified atom stereocenters. The summed E-state index contributed by atoms with van der Waals surface area (Å²) in [6.07, 6.45) is 1.90. The molecule has 8 rings (SSSR count). The second kappa shape index (κ2) is 14.3. The molecule has 1 aliphatic rings. The minimum absolute atomic E-state index is 0. The summed E-state index contributed by atoms with van der Waals surface area (Å²) >= 11 is 1.80. The average molecular weight is 865 g/mol. The Hall–Kier alpha value is -4.44. The molecular formula is C45H39N3OPtS. The van der Waals surface area contributed by atoms with E-state index in [1.807, 2.05) is 18.3 Å². The van der Waals surface area contributed by atoms with E-state index < -0.39 is 0 Å². The van der Waals surface area contributed by atoms with E-state index in [0.717, 1.165) is 44.2 Å². The maximum absolute atomic E-state index is 6.56. The van der Waals surface area contributed by atoms with Crippen LogP contribution in [0.3, 0.4) is 0 Å². The molecule has 5 aromatic carbocycles. The van der Waals surface area contributed by atoms with E-state index in [1.165, 1.54) is 27.6 Å². The van der Waals surface area contributed by atoms with Crippen LogP contribution in [0.1, 0.15) is 60.1 Å². The minimum atomic E-state index is -0.00431. The number of rotatable bonds is 7. The number of nitrogens with zero attached hydrogens (tertiary/aromatic N) is 3. The molecular weight excluding hydrogens is 826 g/mol. The Balaban J connectivity index is 0.00000406. The normalized spacial score (nSPS) is 14.5. The molecule has 7 aromatic rings. The largest absolute Gasteiger partial charge is 2.00 e. The van der Waals surface area contributed by atoms with Gasteiger partial charge in [-0.25, -0.2) is 4.98 Å². The Morgan fingerprint density at radius 1 is 0.765 bits per heavy atom. The van der Waals surface area contributed by atoms with Crippen LogP contribution >= 0.6 is 11.8 Å². The summed E-state index contributed by atoms with van der Waals surface area (Å²) in [5.74, 6) is 3.23. The van der Waals surface area contributed by atoms with Crippen LogP contribution in [0.2, 0.25) is 0 Å². The van der Waals surface area contributed by atoms with Gasteiger partial charge in [-0.3, -0.25) is 0 Å². The zero-order valence-electron chi connectivity index (χ0n) is 29.4. The first-order valence-electron chi connectivity index (χ1n) is 17.2. The maximum Gasteiger partial charge on any atom is 2.00 e. The minimum Gasteiger partial charge on any atom is -0.503 e. The monoisotopic (exact) mass is 864 g/mol. The van der Waals surface area contributed by atoms with Crippen molar-refractivity contribution in [3.63, 3.8) is 0 Å². The van der Waals surface area contributed by atoms with Crippen LogP contribution in [0, 0.1) is 26.0 Å². The molecule has 0 fully saturated rings. The van der Waals surface area contributed by atoms with Gasteiger partial charge in [-0.2, -0.15) is 17.8 Å². The Labute approximate surface area is 319 Å². The van der Waals surface area contributed by atoms with E-state index in [4.69, 9.17) is 14.7 Å². The smallest absolute Gasteiger partial charge is 0.503 e. The van der Waals surface area contributed by atoms with Crippen LogP contribution in [-0.2, 0) is 26.5 Å². The Bertz CT molecular complexity index is 2340. The predicted octanol–water partition coefficient (Wildman–Crippen LogP) is 11.2. The number of aromatic nitrogens is 2. The van der Waals surface area contributed by atoms with Crippen molar-refractivity contribution in [2.24, 2.45) is 4.99 Å². The first-order valence-corrected chi connectivity index (χ1v) is 18.2. The van der Waals surface area contributed by atoms with Gasteiger partial charge in [0.25, 0.3) is 0 Å². The van der Waals surface area contributed by atoms with Gasteiger partial charge in [-0.15, -0.1) is 34.7 Å². The van der Waals surface area contributed by atoms with Gasteiger partial charge in [0.2, 0.25) is 0 Å². The zero-order chi connectivity index (χ0) is 34.4. The molecule has 0 bridgehead atoms. The third-order valence-electron chi connectivity index (χ3n) is 9.46. The van der Waals surface area contributed by atoms with Gasteiger partial charge in [0, 0.05) is 39.9 Å². The number of fused-ring (bicyclic) bond motifs is 3. The van der Waals surface area contributed by atoms with E-state index in [-0.39, 0.29) is 38.4 Å². The summed E-state index contributed by atoms with van der Waals surface area (Å²) in [5, 5.41) is 3.28. The number of hydrogen-bond donors (Lipinski definition) is 0. The summed E-state index contributed by atoms with van der Waals surface area (Å²) in [6, 6.07) is 47.9. The van der Waals surface area contributed by atoms with Gasteiger partial charge in [0.15, 0.2) is 0 Å². The quantitative estimate of drug-likeness (QED) is 0.150. The molecule has 0 saturated heterocycles. The summed E-state index contributed by atoms with van der Waals surface area (Å²) in [7, 11) is 0. The van der Waals surface area contributed by atoms with Crippen LogP contribution in [-0.4, -0.2) is 26.4 Å². The Morgan fingerprint density at radius 3 is 2.20 bits per heavy atom. The standard InChI is InChI=1S/C45H39N3OS.Pt/c1-29-16-19-40-38(24-29)37-18-17-35(27-41(37)48(40)42-26-34(20-21-46-42)45(3,4)5)49-36-23-30(2)22-33(25-36)44-47-39(28-50-44)43(31-12-8-6-9-13-31)32-14-10-7-11-15-32;/h6-24,26,39,43H,28H2,1-5H3;/q-2;+2/t39-;/m0./s1. The third-order valence-corrected chi connectivity index (χ3v) is 10.6. The average Bonchev–Trinajstić information content (AvgIpc) is 3.72. The molecule has 4 nitrogen and oxygen atoms in total. The van der Waals surface area contributed by atoms with Crippen molar-refractivity contribution in [2.75, 3.05) is 5.75 Å². The predicted molar refractivity (Wildman–Crippen MR) is 208 cm³/mol. The van der Waals surface area contributed by atoms with Gasteiger partial charge in [0.1, 0.15) is 5.82 Å². The van der Waals surface area contributed by atoms with Gasteiger partial charge in [0.05, 0.1) is 6.04 Å². The Morgan fingerprint density at radius 2 is 1.49 bits per heavy atom. The van der Waals surface area contributed by atoms with Crippen molar-refractivity contribution in [3.8, 4) is 17.3 Å². The third kappa shape index (κ3) is 7.07. The molecule has 6 heteroatoms. The fourth-order valence-corrected chi connectivity index (χ4v) is 8.05.